The number of rotatable bonds is 3. The lowest BCUT2D eigenvalue weighted by Crippen LogP contribution is -3.11. The zero-order valence-corrected chi connectivity index (χ0v) is 16.6. The zero-order chi connectivity index (χ0) is 18.4. The number of aryl methyl sites for hydroxylation is 1. The molecule has 1 unspecified atom stereocenters. The van der Waals surface area contributed by atoms with Gasteiger partial charge in [0.2, 0.25) is 4.96 Å². The van der Waals surface area contributed by atoms with Gasteiger partial charge in [0, 0.05) is 18.2 Å². The maximum absolute atomic E-state index is 12.1. The van der Waals surface area contributed by atoms with E-state index in [4.69, 9.17) is 4.98 Å². The Morgan fingerprint density at radius 1 is 1.22 bits per heavy atom. The topological polar surface area (TPSA) is 64.6 Å². The first-order chi connectivity index (χ1) is 13.2. The molecule has 0 radical (unpaired) electrons. The summed E-state index contributed by atoms with van der Waals surface area (Å²) in [6, 6.07) is 10.3. The van der Waals surface area contributed by atoms with Crippen LogP contribution in [-0.4, -0.2) is 26.1 Å². The van der Waals surface area contributed by atoms with Gasteiger partial charge >= 0.3 is 0 Å². The quantitative estimate of drug-likeness (QED) is 0.576. The van der Waals surface area contributed by atoms with Crippen LogP contribution in [0.2, 0.25) is 0 Å². The third-order valence-corrected chi connectivity index (χ3v) is 7.19. The van der Waals surface area contributed by atoms with E-state index in [1.54, 1.807) is 0 Å². The van der Waals surface area contributed by atoms with Crippen LogP contribution in [0.5, 0.6) is 0 Å². The number of benzene rings is 1. The number of fused-ring (bicyclic) bond motifs is 2. The van der Waals surface area contributed by atoms with Crippen LogP contribution in [-0.2, 0) is 6.54 Å². The molecule has 1 aliphatic heterocycles. The summed E-state index contributed by atoms with van der Waals surface area (Å²) < 4.78 is 2.69. The number of likely N-dealkylation sites (tertiary alicyclic amines) is 1. The smallest absolute Gasteiger partial charge is 0.275 e. The molecule has 8 heteroatoms. The molecule has 3 aromatic heterocycles. The summed E-state index contributed by atoms with van der Waals surface area (Å²) in [4.78, 5) is 23.7. The first-order valence-electron chi connectivity index (χ1n) is 9.24. The molecule has 6 nitrogen and oxygen atoms in total. The Kier molecular flexibility index (Phi) is 4.26. The Labute approximate surface area is 164 Å². The number of quaternary nitrogens is 1. The van der Waals surface area contributed by atoms with Gasteiger partial charge in [-0.3, -0.25) is 4.79 Å². The Hall–Kier alpha value is -2.16. The fraction of sp³-hybridized carbons (Fsp3) is 0.368. The van der Waals surface area contributed by atoms with E-state index < -0.39 is 0 Å². The molecule has 0 amide bonds. The standard InChI is InChI=1S/C19H19N5OS2/c1-12-10-17(25)24-19(20-12)27-16(22-24)11-23-9-5-4-7-14(23)18-21-13-6-2-3-8-15(13)26-18/h2-3,6,8,10,14H,4-5,7,9,11H2,1H3/p+1/t14-/m1/s1. The van der Waals surface area contributed by atoms with Crippen LogP contribution in [0.15, 0.2) is 35.1 Å². The fourth-order valence-corrected chi connectivity index (χ4v) is 6.01. The summed E-state index contributed by atoms with van der Waals surface area (Å²) >= 11 is 3.34. The lowest BCUT2D eigenvalue weighted by Gasteiger charge is -2.30. The second-order valence-electron chi connectivity index (χ2n) is 7.08. The minimum absolute atomic E-state index is 0.101. The zero-order valence-electron chi connectivity index (χ0n) is 15.0. The van der Waals surface area contributed by atoms with Crippen molar-refractivity contribution in [3.8, 4) is 0 Å². The molecule has 5 rings (SSSR count). The van der Waals surface area contributed by atoms with E-state index in [1.165, 1.54) is 49.4 Å². The van der Waals surface area contributed by atoms with Crippen molar-refractivity contribution in [3.63, 3.8) is 0 Å². The van der Waals surface area contributed by atoms with Crippen LogP contribution in [0.4, 0.5) is 0 Å². The predicted octanol–water partition coefficient (Wildman–Crippen LogP) is 2.38. The van der Waals surface area contributed by atoms with Crippen LogP contribution in [0, 0.1) is 6.92 Å². The maximum atomic E-state index is 12.1. The van der Waals surface area contributed by atoms with Gasteiger partial charge < -0.3 is 4.90 Å². The van der Waals surface area contributed by atoms with Crippen molar-refractivity contribution >= 4 is 37.9 Å². The number of piperidine rings is 1. The van der Waals surface area contributed by atoms with Gasteiger partial charge in [-0.25, -0.2) is 9.97 Å². The summed E-state index contributed by atoms with van der Waals surface area (Å²) in [5.41, 5.74) is 1.73. The van der Waals surface area contributed by atoms with Crippen molar-refractivity contribution in [3.05, 3.63) is 56.4 Å². The van der Waals surface area contributed by atoms with Crippen molar-refractivity contribution in [2.75, 3.05) is 6.54 Å². The molecule has 0 spiro atoms. The second kappa shape index (κ2) is 6.78. The van der Waals surface area contributed by atoms with E-state index >= 15 is 0 Å². The number of nitrogens with zero attached hydrogens (tertiary/aromatic N) is 4. The molecule has 1 N–H and O–H groups in total. The van der Waals surface area contributed by atoms with E-state index in [1.807, 2.05) is 24.3 Å². The minimum atomic E-state index is -0.101. The molecule has 1 fully saturated rings. The number of nitrogens with one attached hydrogen (secondary N) is 1. The van der Waals surface area contributed by atoms with Crippen LogP contribution in [0.25, 0.3) is 15.2 Å². The molecular weight excluding hydrogens is 378 g/mol. The third kappa shape index (κ3) is 3.18. The maximum Gasteiger partial charge on any atom is 0.275 e. The summed E-state index contributed by atoms with van der Waals surface area (Å²) in [5.74, 6) is 0. The van der Waals surface area contributed by atoms with Crippen molar-refractivity contribution in [2.45, 2.75) is 38.8 Å². The summed E-state index contributed by atoms with van der Waals surface area (Å²) in [7, 11) is 0. The highest BCUT2D eigenvalue weighted by atomic mass is 32.1. The molecule has 4 aromatic rings. The molecule has 138 valence electrons. The van der Waals surface area contributed by atoms with Crippen LogP contribution >= 0.6 is 22.7 Å². The summed E-state index contributed by atoms with van der Waals surface area (Å²) in [5, 5.41) is 6.73. The average molecular weight is 399 g/mol. The summed E-state index contributed by atoms with van der Waals surface area (Å²) in [6.45, 7) is 3.77. The van der Waals surface area contributed by atoms with E-state index in [0.717, 1.165) is 35.7 Å². The lowest BCUT2D eigenvalue weighted by atomic mass is 10.0. The van der Waals surface area contributed by atoms with Gasteiger partial charge in [0.25, 0.3) is 5.56 Å². The molecular formula is C19H20N5OS2+. The largest absolute Gasteiger partial charge is 0.321 e. The number of para-hydroxylation sites is 1. The molecule has 0 bridgehead atoms. The summed E-state index contributed by atoms with van der Waals surface area (Å²) in [6.07, 6.45) is 3.61. The molecule has 1 aliphatic rings. The molecule has 0 saturated carbocycles. The van der Waals surface area contributed by atoms with Gasteiger partial charge in [0.15, 0.2) is 10.0 Å². The van der Waals surface area contributed by atoms with E-state index in [0.29, 0.717) is 11.0 Å². The highest BCUT2D eigenvalue weighted by molar-refractivity contribution is 7.18. The van der Waals surface area contributed by atoms with Crippen LogP contribution in [0.1, 0.15) is 41.0 Å². The van der Waals surface area contributed by atoms with E-state index in [2.05, 4.69) is 28.3 Å². The normalized spacial score (nSPS) is 20.5. The Morgan fingerprint density at radius 3 is 3.00 bits per heavy atom. The minimum Gasteiger partial charge on any atom is -0.321 e. The van der Waals surface area contributed by atoms with Crippen LogP contribution < -0.4 is 10.5 Å². The van der Waals surface area contributed by atoms with E-state index in [9.17, 15) is 4.79 Å². The van der Waals surface area contributed by atoms with E-state index in [-0.39, 0.29) is 5.56 Å². The molecule has 1 aromatic carbocycles. The number of hydrogen-bond donors (Lipinski definition) is 1. The van der Waals surface area contributed by atoms with Gasteiger partial charge in [-0.1, -0.05) is 23.5 Å². The highest BCUT2D eigenvalue weighted by Crippen LogP contribution is 2.29. The molecule has 4 heterocycles. The Morgan fingerprint density at radius 2 is 2.11 bits per heavy atom. The van der Waals surface area contributed by atoms with Crippen molar-refractivity contribution in [1.29, 1.82) is 0 Å². The highest BCUT2D eigenvalue weighted by Gasteiger charge is 2.31. The van der Waals surface area contributed by atoms with Crippen molar-refractivity contribution < 1.29 is 4.90 Å². The third-order valence-electron chi connectivity index (χ3n) is 5.14. The van der Waals surface area contributed by atoms with Crippen LogP contribution in [0.3, 0.4) is 0 Å². The first-order valence-corrected chi connectivity index (χ1v) is 10.9. The number of thiazole rings is 1. The Balaban J connectivity index is 1.47. The fourth-order valence-electron chi connectivity index (χ4n) is 3.85. The predicted molar refractivity (Wildman–Crippen MR) is 108 cm³/mol. The molecule has 1 saturated heterocycles. The van der Waals surface area contributed by atoms with Gasteiger partial charge in [0.05, 0.1) is 16.8 Å². The first kappa shape index (κ1) is 17.0. The SMILES string of the molecule is Cc1cc(=O)n2nc(C[NH+]3CCCC[C@@H]3c3nc4ccccc4s3)sc2n1. The van der Waals surface area contributed by atoms with Gasteiger partial charge in [-0.05, 0) is 31.9 Å². The molecule has 2 atom stereocenters. The van der Waals surface area contributed by atoms with Gasteiger partial charge in [-0.15, -0.1) is 11.3 Å². The number of aromatic nitrogens is 4. The second-order valence-corrected chi connectivity index (χ2v) is 9.18. The van der Waals surface area contributed by atoms with Crippen molar-refractivity contribution in [1.82, 2.24) is 19.6 Å². The van der Waals surface area contributed by atoms with Crippen molar-refractivity contribution in [2.24, 2.45) is 0 Å². The Bertz CT molecular complexity index is 1140. The molecule has 0 aliphatic carbocycles. The average Bonchev–Trinajstić information content (AvgIpc) is 3.26. The monoisotopic (exact) mass is 398 g/mol. The lowest BCUT2D eigenvalue weighted by molar-refractivity contribution is -0.950. The van der Waals surface area contributed by atoms with Gasteiger partial charge in [-0.2, -0.15) is 9.61 Å². The number of hydrogen-bond acceptors (Lipinski definition) is 6. The molecule has 27 heavy (non-hydrogen) atoms. The van der Waals surface area contributed by atoms with Gasteiger partial charge in [0.1, 0.15) is 12.6 Å².